The zero-order chi connectivity index (χ0) is 20.0. The van der Waals surface area contributed by atoms with E-state index in [0.29, 0.717) is 28.0 Å². The summed E-state index contributed by atoms with van der Waals surface area (Å²) in [7, 11) is 4.63. The lowest BCUT2D eigenvalue weighted by atomic mass is 10.1. The van der Waals surface area contributed by atoms with Gasteiger partial charge in [0.25, 0.3) is 5.91 Å². The van der Waals surface area contributed by atoms with Gasteiger partial charge in [0.05, 0.1) is 21.3 Å². The van der Waals surface area contributed by atoms with Crippen molar-refractivity contribution < 1.29 is 23.7 Å². The number of halogens is 1. The molecule has 0 saturated carbocycles. The van der Waals surface area contributed by atoms with Crippen LogP contribution in [0.4, 0.5) is 0 Å². The molecule has 7 heteroatoms. The van der Waals surface area contributed by atoms with E-state index in [1.54, 1.807) is 38.3 Å². The summed E-state index contributed by atoms with van der Waals surface area (Å²) >= 11 is 6.01. The smallest absolute Gasteiger partial charge is 0.261 e. The van der Waals surface area contributed by atoms with Gasteiger partial charge in [0.1, 0.15) is 5.75 Å². The highest BCUT2D eigenvalue weighted by atomic mass is 35.5. The Morgan fingerprint density at radius 1 is 1.07 bits per heavy atom. The van der Waals surface area contributed by atoms with Crippen molar-refractivity contribution in [3.05, 3.63) is 46.5 Å². The Labute approximate surface area is 164 Å². The molecule has 0 aliphatic rings. The molecule has 6 nitrogen and oxygen atoms in total. The van der Waals surface area contributed by atoms with E-state index in [4.69, 9.17) is 30.5 Å². The molecule has 0 bridgehead atoms. The van der Waals surface area contributed by atoms with E-state index in [1.807, 2.05) is 13.0 Å². The summed E-state index contributed by atoms with van der Waals surface area (Å²) in [6.07, 6.45) is -0.670. The molecule has 1 atom stereocenters. The normalized spacial score (nSPS) is 11.5. The molecule has 0 fully saturated rings. The topological polar surface area (TPSA) is 66.0 Å². The second kappa shape index (κ2) is 9.37. The second-order valence-corrected chi connectivity index (χ2v) is 6.29. The van der Waals surface area contributed by atoms with Gasteiger partial charge in [-0.2, -0.15) is 0 Å². The van der Waals surface area contributed by atoms with Crippen LogP contribution >= 0.6 is 11.6 Å². The van der Waals surface area contributed by atoms with Gasteiger partial charge in [-0.05, 0) is 49.7 Å². The lowest BCUT2D eigenvalue weighted by Gasteiger charge is -2.18. The summed E-state index contributed by atoms with van der Waals surface area (Å²) in [5, 5.41) is 3.49. The zero-order valence-electron chi connectivity index (χ0n) is 16.1. The van der Waals surface area contributed by atoms with Crippen molar-refractivity contribution in [1.82, 2.24) is 5.32 Å². The van der Waals surface area contributed by atoms with Crippen LogP contribution in [-0.2, 0) is 11.3 Å². The number of benzene rings is 2. The van der Waals surface area contributed by atoms with Crippen molar-refractivity contribution in [1.29, 1.82) is 0 Å². The third-order valence-electron chi connectivity index (χ3n) is 4.05. The number of ether oxygens (including phenoxy) is 4. The fraction of sp³-hybridized carbons (Fsp3) is 0.350. The first-order valence-electron chi connectivity index (χ1n) is 8.39. The van der Waals surface area contributed by atoms with Crippen LogP contribution in [0.3, 0.4) is 0 Å². The minimum absolute atomic E-state index is 0.251. The first kappa shape index (κ1) is 20.7. The van der Waals surface area contributed by atoms with Crippen molar-refractivity contribution in [3.8, 4) is 23.0 Å². The molecule has 2 rings (SSSR count). The van der Waals surface area contributed by atoms with Crippen LogP contribution in [-0.4, -0.2) is 33.3 Å². The predicted octanol–water partition coefficient (Wildman–Crippen LogP) is 3.76. The number of nitrogens with one attached hydrogen (secondary N) is 1. The van der Waals surface area contributed by atoms with Crippen molar-refractivity contribution in [3.63, 3.8) is 0 Å². The summed E-state index contributed by atoms with van der Waals surface area (Å²) in [6, 6.07) is 8.85. The molecule has 0 unspecified atom stereocenters. The Morgan fingerprint density at radius 2 is 1.78 bits per heavy atom. The second-order valence-electron chi connectivity index (χ2n) is 5.88. The molecule has 146 valence electrons. The van der Waals surface area contributed by atoms with Gasteiger partial charge >= 0.3 is 0 Å². The SMILES string of the molecule is COc1ccc(CNC(=O)[C@H](C)Oc2ccc(Cl)c(C)c2)c(OC)c1OC. The van der Waals surface area contributed by atoms with Crippen molar-refractivity contribution in [2.75, 3.05) is 21.3 Å². The third kappa shape index (κ3) is 4.98. The molecular formula is C20H24ClNO5. The van der Waals surface area contributed by atoms with Gasteiger partial charge in [0.2, 0.25) is 5.75 Å². The molecule has 0 radical (unpaired) electrons. The highest BCUT2D eigenvalue weighted by Gasteiger charge is 2.19. The molecule has 0 aliphatic carbocycles. The monoisotopic (exact) mass is 393 g/mol. The van der Waals surface area contributed by atoms with Crippen LogP contribution in [0.5, 0.6) is 23.0 Å². The van der Waals surface area contributed by atoms with E-state index >= 15 is 0 Å². The molecule has 0 aromatic heterocycles. The average Bonchev–Trinajstić information content (AvgIpc) is 2.67. The fourth-order valence-electron chi connectivity index (χ4n) is 2.58. The van der Waals surface area contributed by atoms with E-state index in [-0.39, 0.29) is 12.5 Å². The van der Waals surface area contributed by atoms with Crippen LogP contribution < -0.4 is 24.3 Å². The molecule has 1 N–H and O–H groups in total. The highest BCUT2D eigenvalue weighted by molar-refractivity contribution is 6.31. The number of amides is 1. The molecule has 2 aromatic rings. The number of methoxy groups -OCH3 is 3. The molecule has 2 aromatic carbocycles. The largest absolute Gasteiger partial charge is 0.493 e. The molecule has 0 heterocycles. The lowest BCUT2D eigenvalue weighted by Crippen LogP contribution is -2.36. The van der Waals surface area contributed by atoms with Gasteiger partial charge in [-0.1, -0.05) is 11.6 Å². The lowest BCUT2D eigenvalue weighted by molar-refractivity contribution is -0.127. The Hall–Kier alpha value is -2.60. The molecule has 0 spiro atoms. The summed E-state index contributed by atoms with van der Waals surface area (Å²) < 4.78 is 21.7. The molecule has 0 saturated heterocycles. The Balaban J connectivity index is 2.05. The Bertz CT molecular complexity index is 809. The molecular weight excluding hydrogens is 370 g/mol. The first-order valence-corrected chi connectivity index (χ1v) is 8.77. The van der Waals surface area contributed by atoms with Crippen molar-refractivity contribution >= 4 is 17.5 Å². The van der Waals surface area contributed by atoms with Crippen LogP contribution in [0, 0.1) is 6.92 Å². The summed E-state index contributed by atoms with van der Waals surface area (Å²) in [5.74, 6) is 1.88. The van der Waals surface area contributed by atoms with E-state index in [2.05, 4.69) is 5.32 Å². The number of carbonyl (C=O) groups excluding carboxylic acids is 1. The first-order chi connectivity index (χ1) is 12.9. The Morgan fingerprint density at radius 3 is 2.37 bits per heavy atom. The van der Waals surface area contributed by atoms with Crippen LogP contribution in [0.2, 0.25) is 5.02 Å². The van der Waals surface area contributed by atoms with E-state index in [0.717, 1.165) is 11.1 Å². The van der Waals surface area contributed by atoms with E-state index < -0.39 is 6.10 Å². The van der Waals surface area contributed by atoms with Gasteiger partial charge in [-0.15, -0.1) is 0 Å². The highest BCUT2D eigenvalue weighted by Crippen LogP contribution is 2.39. The van der Waals surface area contributed by atoms with Gasteiger partial charge in [0, 0.05) is 17.1 Å². The van der Waals surface area contributed by atoms with Gasteiger partial charge in [-0.3, -0.25) is 4.79 Å². The standard InChI is InChI=1S/C20H24ClNO5/c1-12-10-15(7-8-16(12)21)27-13(2)20(23)22-11-14-6-9-17(24-3)19(26-5)18(14)25-4/h6-10,13H,11H2,1-5H3,(H,22,23)/t13-/m0/s1. The van der Waals surface area contributed by atoms with E-state index in [1.165, 1.54) is 14.2 Å². The average molecular weight is 394 g/mol. The zero-order valence-corrected chi connectivity index (χ0v) is 16.8. The van der Waals surface area contributed by atoms with Crippen molar-refractivity contribution in [2.45, 2.75) is 26.5 Å². The Kier molecular flexibility index (Phi) is 7.19. The minimum atomic E-state index is -0.670. The predicted molar refractivity (Wildman–Crippen MR) is 104 cm³/mol. The summed E-state index contributed by atoms with van der Waals surface area (Å²) in [5.41, 5.74) is 1.65. The summed E-state index contributed by atoms with van der Waals surface area (Å²) in [6.45, 7) is 3.82. The number of carbonyl (C=O) groups is 1. The maximum absolute atomic E-state index is 12.4. The maximum Gasteiger partial charge on any atom is 0.261 e. The quantitative estimate of drug-likeness (QED) is 0.739. The van der Waals surface area contributed by atoms with Crippen LogP contribution in [0.15, 0.2) is 30.3 Å². The van der Waals surface area contributed by atoms with Gasteiger partial charge in [0.15, 0.2) is 17.6 Å². The minimum Gasteiger partial charge on any atom is -0.493 e. The van der Waals surface area contributed by atoms with Gasteiger partial charge in [-0.25, -0.2) is 0 Å². The van der Waals surface area contributed by atoms with Crippen LogP contribution in [0.25, 0.3) is 0 Å². The third-order valence-corrected chi connectivity index (χ3v) is 4.47. The molecule has 27 heavy (non-hydrogen) atoms. The molecule has 0 aliphatic heterocycles. The van der Waals surface area contributed by atoms with Crippen LogP contribution in [0.1, 0.15) is 18.1 Å². The van der Waals surface area contributed by atoms with E-state index in [9.17, 15) is 4.79 Å². The van der Waals surface area contributed by atoms with Crippen molar-refractivity contribution in [2.24, 2.45) is 0 Å². The number of aryl methyl sites for hydroxylation is 1. The summed E-state index contributed by atoms with van der Waals surface area (Å²) in [4.78, 5) is 12.4. The molecule has 1 amide bonds. The number of hydrogen-bond acceptors (Lipinski definition) is 5. The number of rotatable bonds is 8. The number of hydrogen-bond donors (Lipinski definition) is 1. The van der Waals surface area contributed by atoms with Gasteiger partial charge < -0.3 is 24.3 Å². The maximum atomic E-state index is 12.4. The fourth-order valence-corrected chi connectivity index (χ4v) is 2.69.